The van der Waals surface area contributed by atoms with E-state index in [-0.39, 0.29) is 4.90 Å². The van der Waals surface area contributed by atoms with E-state index in [0.717, 1.165) is 16.7 Å². The maximum absolute atomic E-state index is 13.6. The third-order valence-corrected chi connectivity index (χ3v) is 8.45. The highest BCUT2D eigenvalue weighted by Crippen LogP contribution is 2.50. The van der Waals surface area contributed by atoms with E-state index >= 15 is 0 Å². The summed E-state index contributed by atoms with van der Waals surface area (Å²) in [6.07, 6.45) is 0.406. The second-order valence-corrected chi connectivity index (χ2v) is 10.2. The number of benzene rings is 2. The van der Waals surface area contributed by atoms with Gasteiger partial charge in [0.25, 0.3) is 0 Å². The molecule has 2 heterocycles. The number of piperidine rings is 1. The number of likely N-dealkylation sites (tertiary alicyclic amines) is 1. The van der Waals surface area contributed by atoms with Crippen LogP contribution in [0.25, 0.3) is 0 Å². The van der Waals surface area contributed by atoms with Gasteiger partial charge in [0.05, 0.1) is 12.0 Å². The standard InChI is InChI=1S/C22H25NO5S/c1-13-6-8-16(10-14(13)2)29(25,26)20-18-12-22(3,23(4)21(20)24)28-19-11-15(27-5)7-9-17(18)19/h6-11,18,20H,12H2,1-5H3/t18-,20-,22-/m0/s1. The fourth-order valence-corrected chi connectivity index (χ4v) is 6.28. The fraction of sp³-hybridized carbons (Fsp3) is 0.409. The molecule has 0 aromatic heterocycles. The van der Waals surface area contributed by atoms with Crippen molar-refractivity contribution >= 4 is 15.7 Å². The quantitative estimate of drug-likeness (QED) is 0.770. The Morgan fingerprint density at radius 1 is 1.14 bits per heavy atom. The van der Waals surface area contributed by atoms with Crippen molar-refractivity contribution in [3.63, 3.8) is 0 Å². The minimum absolute atomic E-state index is 0.178. The van der Waals surface area contributed by atoms with Crippen LogP contribution < -0.4 is 9.47 Å². The molecular weight excluding hydrogens is 390 g/mol. The minimum Gasteiger partial charge on any atom is -0.497 e. The molecule has 29 heavy (non-hydrogen) atoms. The lowest BCUT2D eigenvalue weighted by molar-refractivity contribution is -0.159. The van der Waals surface area contributed by atoms with Crippen LogP contribution >= 0.6 is 0 Å². The maximum Gasteiger partial charge on any atom is 0.244 e. The van der Waals surface area contributed by atoms with Crippen molar-refractivity contribution < 1.29 is 22.7 Å². The molecular formula is C22H25NO5S. The summed E-state index contributed by atoms with van der Waals surface area (Å²) >= 11 is 0. The van der Waals surface area contributed by atoms with Gasteiger partial charge in [-0.05, 0) is 55.7 Å². The van der Waals surface area contributed by atoms with Crippen LogP contribution in [0.5, 0.6) is 11.5 Å². The van der Waals surface area contributed by atoms with Crippen LogP contribution in [0.1, 0.15) is 36.0 Å². The smallest absolute Gasteiger partial charge is 0.244 e. The third-order valence-electron chi connectivity index (χ3n) is 6.34. The third kappa shape index (κ3) is 2.90. The monoisotopic (exact) mass is 415 g/mol. The van der Waals surface area contributed by atoms with Gasteiger partial charge >= 0.3 is 0 Å². The average Bonchev–Trinajstić information content (AvgIpc) is 2.67. The van der Waals surface area contributed by atoms with Gasteiger partial charge in [-0.15, -0.1) is 0 Å². The molecule has 1 amide bonds. The van der Waals surface area contributed by atoms with Gasteiger partial charge in [0.2, 0.25) is 5.91 Å². The molecule has 154 valence electrons. The van der Waals surface area contributed by atoms with E-state index in [1.54, 1.807) is 50.6 Å². The predicted octanol–water partition coefficient (Wildman–Crippen LogP) is 3.21. The first-order valence-corrected chi connectivity index (χ1v) is 11.1. The van der Waals surface area contributed by atoms with Crippen molar-refractivity contribution in [2.24, 2.45) is 0 Å². The molecule has 0 unspecified atom stereocenters. The van der Waals surface area contributed by atoms with Crippen molar-refractivity contribution in [3.05, 3.63) is 53.1 Å². The zero-order valence-corrected chi connectivity index (χ0v) is 18.0. The summed E-state index contributed by atoms with van der Waals surface area (Å²) in [7, 11) is -0.728. The van der Waals surface area contributed by atoms with Crippen LogP contribution in [-0.4, -0.2) is 44.4 Å². The second-order valence-electron chi connectivity index (χ2n) is 8.10. The summed E-state index contributed by atoms with van der Waals surface area (Å²) in [6, 6.07) is 10.4. The zero-order valence-electron chi connectivity index (χ0n) is 17.2. The Kier molecular flexibility index (Phi) is 4.42. The van der Waals surface area contributed by atoms with E-state index in [0.29, 0.717) is 17.9 Å². The van der Waals surface area contributed by atoms with Crippen LogP contribution in [0, 0.1) is 13.8 Å². The summed E-state index contributed by atoms with van der Waals surface area (Å²) < 4.78 is 38.7. The number of rotatable bonds is 3. The summed E-state index contributed by atoms with van der Waals surface area (Å²) in [6.45, 7) is 5.62. The van der Waals surface area contributed by atoms with Crippen LogP contribution in [0.3, 0.4) is 0 Å². The normalized spacial score (nSPS) is 26.0. The lowest BCUT2D eigenvalue weighted by atomic mass is 9.80. The molecule has 2 bridgehead atoms. The van der Waals surface area contributed by atoms with Crippen LogP contribution in [0.2, 0.25) is 0 Å². The Balaban J connectivity index is 1.89. The number of hydrogen-bond acceptors (Lipinski definition) is 5. The van der Waals surface area contributed by atoms with E-state index < -0.39 is 32.6 Å². The Morgan fingerprint density at radius 2 is 1.86 bits per heavy atom. The highest BCUT2D eigenvalue weighted by atomic mass is 32.2. The molecule has 0 saturated carbocycles. The Labute approximate surface area is 171 Å². The van der Waals surface area contributed by atoms with Crippen LogP contribution in [0.4, 0.5) is 0 Å². The first-order valence-electron chi connectivity index (χ1n) is 9.54. The molecule has 0 spiro atoms. The van der Waals surface area contributed by atoms with E-state index in [9.17, 15) is 13.2 Å². The number of nitrogens with zero attached hydrogens (tertiary/aromatic N) is 1. The SMILES string of the molecule is COc1ccc2c(c1)O[C@@]1(C)C[C@@H]2[C@H](S(=O)(=O)c2ccc(C)c(C)c2)C(=O)N1C. The van der Waals surface area contributed by atoms with E-state index in [1.165, 1.54) is 4.90 Å². The number of carbonyl (C=O) groups excluding carboxylic acids is 1. The summed E-state index contributed by atoms with van der Waals surface area (Å²) in [4.78, 5) is 14.9. The number of fused-ring (bicyclic) bond motifs is 4. The number of sulfone groups is 1. The zero-order chi connectivity index (χ0) is 21.1. The molecule has 6 nitrogen and oxygen atoms in total. The molecule has 0 aliphatic carbocycles. The Morgan fingerprint density at radius 3 is 2.52 bits per heavy atom. The molecule has 0 radical (unpaired) electrons. The number of ether oxygens (including phenoxy) is 2. The molecule has 2 aromatic carbocycles. The number of hydrogen-bond donors (Lipinski definition) is 0. The maximum atomic E-state index is 13.6. The topological polar surface area (TPSA) is 72.9 Å². The highest BCUT2D eigenvalue weighted by molar-refractivity contribution is 7.92. The van der Waals surface area contributed by atoms with E-state index in [4.69, 9.17) is 9.47 Å². The molecule has 7 heteroatoms. The van der Waals surface area contributed by atoms with Gasteiger partial charge in [0.15, 0.2) is 20.8 Å². The summed E-state index contributed by atoms with van der Waals surface area (Å²) in [5, 5.41) is -1.20. The first kappa shape index (κ1) is 19.8. The van der Waals surface area contributed by atoms with Gasteiger partial charge < -0.3 is 14.4 Å². The van der Waals surface area contributed by atoms with Gasteiger partial charge in [-0.25, -0.2) is 8.42 Å². The van der Waals surface area contributed by atoms with Crippen LogP contribution in [-0.2, 0) is 14.6 Å². The number of amides is 1. The lowest BCUT2D eigenvalue weighted by Gasteiger charge is -2.51. The van der Waals surface area contributed by atoms with Gasteiger partial charge in [-0.3, -0.25) is 4.79 Å². The lowest BCUT2D eigenvalue weighted by Crippen LogP contribution is -2.64. The Hall–Kier alpha value is -2.54. The van der Waals surface area contributed by atoms with Gasteiger partial charge in [-0.2, -0.15) is 0 Å². The fourth-order valence-electron chi connectivity index (χ4n) is 4.29. The van der Waals surface area contributed by atoms with Gasteiger partial charge in [0, 0.05) is 25.5 Å². The minimum atomic E-state index is -3.90. The highest BCUT2D eigenvalue weighted by Gasteiger charge is 2.57. The first-order chi connectivity index (χ1) is 13.6. The molecule has 2 aliphatic rings. The number of aryl methyl sites for hydroxylation is 2. The van der Waals surface area contributed by atoms with Gasteiger partial charge in [0.1, 0.15) is 11.5 Å². The van der Waals surface area contributed by atoms with E-state index in [2.05, 4.69) is 0 Å². The van der Waals surface area contributed by atoms with E-state index in [1.807, 2.05) is 20.8 Å². The summed E-state index contributed by atoms with van der Waals surface area (Å²) in [5.74, 6) is 0.242. The molecule has 2 aromatic rings. The molecule has 1 fully saturated rings. The largest absolute Gasteiger partial charge is 0.497 e. The molecule has 2 aliphatic heterocycles. The number of methoxy groups -OCH3 is 1. The van der Waals surface area contributed by atoms with Gasteiger partial charge in [-0.1, -0.05) is 12.1 Å². The van der Waals surface area contributed by atoms with Crippen molar-refractivity contribution in [2.75, 3.05) is 14.2 Å². The molecule has 3 atom stereocenters. The average molecular weight is 416 g/mol. The predicted molar refractivity (Wildman–Crippen MR) is 109 cm³/mol. The van der Waals surface area contributed by atoms with Crippen molar-refractivity contribution in [2.45, 2.75) is 49.0 Å². The molecule has 4 rings (SSSR count). The molecule has 0 N–H and O–H groups in total. The molecule has 1 saturated heterocycles. The summed E-state index contributed by atoms with van der Waals surface area (Å²) in [5.41, 5.74) is 1.70. The Bertz CT molecular complexity index is 1110. The van der Waals surface area contributed by atoms with Crippen LogP contribution in [0.15, 0.2) is 41.3 Å². The van der Waals surface area contributed by atoms with Crippen molar-refractivity contribution in [1.82, 2.24) is 4.90 Å². The number of carbonyl (C=O) groups is 1. The van der Waals surface area contributed by atoms with Crippen molar-refractivity contribution in [3.8, 4) is 11.5 Å². The van der Waals surface area contributed by atoms with Crippen molar-refractivity contribution in [1.29, 1.82) is 0 Å². The second kappa shape index (κ2) is 6.49.